The zero-order chi connectivity index (χ0) is 36.5. The van der Waals surface area contributed by atoms with Crippen molar-refractivity contribution >= 4 is 23.6 Å². The summed E-state index contributed by atoms with van der Waals surface area (Å²) in [4.78, 5) is 22.1. The van der Waals surface area contributed by atoms with Gasteiger partial charge in [0.2, 0.25) is 11.8 Å². The van der Waals surface area contributed by atoms with Crippen LogP contribution in [0.15, 0.2) is 109 Å². The molecule has 0 bridgehead atoms. The molecule has 5 aromatic rings. The van der Waals surface area contributed by atoms with Gasteiger partial charge in [0.1, 0.15) is 23.9 Å². The van der Waals surface area contributed by atoms with Crippen molar-refractivity contribution < 1.29 is 23.4 Å². The standard InChI is InChI=1S/C43H43ClFN3O4/c1-30-4-6-35(7-5-30)29-51-39-16-17-41(46-27-39)52-42-31(2)24-36(26-40(42)44)25-32(3)43(49)48-21-19-47(20-22-48)28-34-10-8-33(9-11-34)18-23-50-38-14-12-37(45)13-15-38/h4-17,24-27H,18-23,28-29H2,1-3H3/b32-25+. The van der Waals surface area contributed by atoms with Crippen LogP contribution in [0.5, 0.6) is 23.1 Å². The van der Waals surface area contributed by atoms with Gasteiger partial charge in [-0.3, -0.25) is 9.69 Å². The lowest BCUT2D eigenvalue weighted by atomic mass is 10.1. The van der Waals surface area contributed by atoms with Gasteiger partial charge in [0.25, 0.3) is 0 Å². The van der Waals surface area contributed by atoms with Crippen LogP contribution in [0.25, 0.3) is 6.08 Å². The van der Waals surface area contributed by atoms with Crippen LogP contribution in [0.2, 0.25) is 5.02 Å². The van der Waals surface area contributed by atoms with Gasteiger partial charge in [0.05, 0.1) is 17.8 Å². The first-order chi connectivity index (χ1) is 25.2. The molecule has 9 heteroatoms. The van der Waals surface area contributed by atoms with E-state index in [-0.39, 0.29) is 11.7 Å². The molecule has 0 aliphatic carbocycles. The van der Waals surface area contributed by atoms with Crippen LogP contribution in [0, 0.1) is 19.7 Å². The molecule has 2 heterocycles. The van der Waals surface area contributed by atoms with Gasteiger partial charge < -0.3 is 19.1 Å². The molecule has 52 heavy (non-hydrogen) atoms. The topological polar surface area (TPSA) is 64.1 Å². The van der Waals surface area contributed by atoms with E-state index in [1.54, 1.807) is 24.4 Å². The largest absolute Gasteiger partial charge is 0.493 e. The van der Waals surface area contributed by atoms with E-state index in [1.807, 2.05) is 55.2 Å². The highest BCUT2D eigenvalue weighted by Gasteiger charge is 2.22. The second-order valence-corrected chi connectivity index (χ2v) is 13.5. The fraction of sp³-hybridized carbons (Fsp3) is 0.256. The van der Waals surface area contributed by atoms with Crippen LogP contribution in [0.1, 0.15) is 40.3 Å². The van der Waals surface area contributed by atoms with Crippen LogP contribution in [0.4, 0.5) is 4.39 Å². The Morgan fingerprint density at radius 1 is 0.827 bits per heavy atom. The minimum absolute atomic E-state index is 0.0230. The number of ether oxygens (including phenoxy) is 3. The summed E-state index contributed by atoms with van der Waals surface area (Å²) in [5.41, 5.74) is 7.03. The minimum atomic E-state index is -0.272. The zero-order valence-corrected chi connectivity index (χ0v) is 30.5. The third-order valence-corrected chi connectivity index (χ3v) is 9.26. The van der Waals surface area contributed by atoms with Crippen molar-refractivity contribution in [3.8, 4) is 23.1 Å². The highest BCUT2D eigenvalue weighted by atomic mass is 35.5. The number of pyridine rings is 1. The van der Waals surface area contributed by atoms with Crippen molar-refractivity contribution in [2.45, 2.75) is 40.3 Å². The SMILES string of the molecule is C/C(=C\c1cc(C)c(Oc2ccc(OCc3ccc(C)cc3)cn2)c(Cl)c1)C(=O)N1CCN(Cc2ccc(CCOc3ccc(F)cc3)cc2)CC1. The number of benzene rings is 4. The van der Waals surface area contributed by atoms with Gasteiger partial charge in [-0.05, 0) is 97.1 Å². The number of carbonyl (C=O) groups is 1. The molecule has 0 N–H and O–H groups in total. The lowest BCUT2D eigenvalue weighted by Crippen LogP contribution is -2.48. The van der Waals surface area contributed by atoms with Crippen LogP contribution in [-0.4, -0.2) is 53.5 Å². The van der Waals surface area contributed by atoms with Gasteiger partial charge in [0.15, 0.2) is 5.75 Å². The molecular formula is C43H43ClFN3O4. The number of aromatic nitrogens is 1. The fourth-order valence-corrected chi connectivity index (χ4v) is 6.31. The number of rotatable bonds is 13. The molecule has 0 saturated carbocycles. The van der Waals surface area contributed by atoms with E-state index >= 15 is 0 Å². The summed E-state index contributed by atoms with van der Waals surface area (Å²) >= 11 is 6.67. The number of nitrogens with zero attached hydrogens (tertiary/aromatic N) is 3. The Bertz CT molecular complexity index is 1950. The lowest BCUT2D eigenvalue weighted by molar-refractivity contribution is -0.128. The predicted octanol–water partition coefficient (Wildman–Crippen LogP) is 9.23. The number of halogens is 2. The summed E-state index contributed by atoms with van der Waals surface area (Å²) in [6.07, 6.45) is 4.28. The molecule has 4 aromatic carbocycles. The van der Waals surface area contributed by atoms with Gasteiger partial charge in [-0.1, -0.05) is 65.7 Å². The Morgan fingerprint density at radius 3 is 2.17 bits per heavy atom. The van der Waals surface area contributed by atoms with Crippen LogP contribution >= 0.6 is 11.6 Å². The Labute approximate surface area is 310 Å². The fourth-order valence-electron chi connectivity index (χ4n) is 6.00. The highest BCUT2D eigenvalue weighted by Crippen LogP contribution is 2.34. The second-order valence-electron chi connectivity index (χ2n) is 13.1. The van der Waals surface area contributed by atoms with Crippen molar-refractivity contribution in [2.75, 3.05) is 32.8 Å². The van der Waals surface area contributed by atoms with Crippen molar-refractivity contribution in [3.05, 3.63) is 153 Å². The summed E-state index contributed by atoms with van der Waals surface area (Å²) < 4.78 is 30.7. The molecule has 6 rings (SSSR count). The molecule has 0 radical (unpaired) electrons. The van der Waals surface area contributed by atoms with E-state index in [0.29, 0.717) is 60.0 Å². The number of hydrogen-bond donors (Lipinski definition) is 0. The highest BCUT2D eigenvalue weighted by molar-refractivity contribution is 6.32. The summed E-state index contributed by atoms with van der Waals surface area (Å²) in [6.45, 7) is 10.6. The van der Waals surface area contributed by atoms with Crippen LogP contribution in [-0.2, 0) is 24.4 Å². The molecular weight excluding hydrogens is 677 g/mol. The quantitative estimate of drug-likeness (QED) is 0.113. The van der Waals surface area contributed by atoms with E-state index in [4.69, 9.17) is 25.8 Å². The number of carbonyl (C=O) groups excluding carboxylic acids is 1. The predicted molar refractivity (Wildman–Crippen MR) is 204 cm³/mol. The summed E-state index contributed by atoms with van der Waals surface area (Å²) in [5, 5.41) is 0.438. The first-order valence-electron chi connectivity index (χ1n) is 17.5. The Morgan fingerprint density at radius 2 is 1.50 bits per heavy atom. The van der Waals surface area contributed by atoms with Gasteiger partial charge >= 0.3 is 0 Å². The van der Waals surface area contributed by atoms with Crippen molar-refractivity contribution in [1.82, 2.24) is 14.8 Å². The number of hydrogen-bond acceptors (Lipinski definition) is 6. The molecule has 1 aliphatic rings. The summed E-state index contributed by atoms with van der Waals surface area (Å²) in [5.74, 6) is 1.99. The van der Waals surface area contributed by atoms with Crippen molar-refractivity contribution in [3.63, 3.8) is 0 Å². The van der Waals surface area contributed by atoms with Gasteiger partial charge in [-0.15, -0.1) is 0 Å². The first kappa shape index (κ1) is 36.6. The second kappa shape index (κ2) is 17.4. The van der Waals surface area contributed by atoms with Crippen molar-refractivity contribution in [1.29, 1.82) is 0 Å². The average Bonchev–Trinajstić information content (AvgIpc) is 3.15. The molecule has 1 saturated heterocycles. The third kappa shape index (κ3) is 10.2. The van der Waals surface area contributed by atoms with Gasteiger partial charge in [-0.2, -0.15) is 0 Å². The Balaban J connectivity index is 0.955. The summed E-state index contributed by atoms with van der Waals surface area (Å²) in [7, 11) is 0. The van der Waals surface area contributed by atoms with Crippen molar-refractivity contribution in [2.24, 2.45) is 0 Å². The van der Waals surface area contributed by atoms with E-state index in [0.717, 1.165) is 42.7 Å². The van der Waals surface area contributed by atoms with Gasteiger partial charge in [-0.25, -0.2) is 9.37 Å². The molecule has 1 aliphatic heterocycles. The smallest absolute Gasteiger partial charge is 0.249 e. The monoisotopic (exact) mass is 719 g/mol. The summed E-state index contributed by atoms with van der Waals surface area (Å²) in [6, 6.07) is 30.2. The molecule has 1 fully saturated rings. The first-order valence-corrected chi connectivity index (χ1v) is 17.8. The zero-order valence-electron chi connectivity index (χ0n) is 29.8. The van der Waals surface area contributed by atoms with E-state index < -0.39 is 0 Å². The third-order valence-electron chi connectivity index (χ3n) is 8.98. The number of piperazine rings is 1. The molecule has 7 nitrogen and oxygen atoms in total. The maximum Gasteiger partial charge on any atom is 0.249 e. The van der Waals surface area contributed by atoms with Crippen LogP contribution < -0.4 is 14.2 Å². The molecule has 0 unspecified atom stereocenters. The van der Waals surface area contributed by atoms with E-state index in [2.05, 4.69) is 53.2 Å². The lowest BCUT2D eigenvalue weighted by Gasteiger charge is -2.35. The molecule has 0 atom stereocenters. The van der Waals surface area contributed by atoms with E-state index in [1.165, 1.54) is 28.8 Å². The molecule has 268 valence electrons. The maximum atomic E-state index is 13.4. The van der Waals surface area contributed by atoms with E-state index in [9.17, 15) is 9.18 Å². The maximum absolute atomic E-state index is 13.4. The Kier molecular flexibility index (Phi) is 12.2. The van der Waals surface area contributed by atoms with Gasteiger partial charge in [0, 0.05) is 50.8 Å². The van der Waals surface area contributed by atoms with Crippen LogP contribution in [0.3, 0.4) is 0 Å². The number of aryl methyl sites for hydroxylation is 2. The number of amides is 1. The average molecular weight is 720 g/mol. The Hall–Kier alpha value is -5.18. The molecule has 1 aromatic heterocycles. The molecule has 0 spiro atoms. The normalized spacial score (nSPS) is 13.6. The molecule has 1 amide bonds. The minimum Gasteiger partial charge on any atom is -0.493 e.